The number of carbonyl (C=O) groups excluding carboxylic acids is 2. The number of nitrogens with one attached hydrogen (secondary N) is 1. The lowest BCUT2D eigenvalue weighted by Crippen LogP contribution is -2.35. The van der Waals surface area contributed by atoms with E-state index in [1.807, 2.05) is 32.3 Å². The summed E-state index contributed by atoms with van der Waals surface area (Å²) in [4.78, 5) is 36.4. The molecule has 0 radical (unpaired) electrons. The minimum absolute atomic E-state index is 0.150. The molecule has 1 fully saturated rings. The van der Waals surface area contributed by atoms with Gasteiger partial charge in [-0.2, -0.15) is 0 Å². The van der Waals surface area contributed by atoms with Crippen LogP contribution in [-0.4, -0.2) is 91.2 Å². The third-order valence-corrected chi connectivity index (χ3v) is 7.92. The second-order valence-corrected chi connectivity index (χ2v) is 18.1. The number of likely N-dealkylation sites (tertiary alicyclic amines) is 1. The minimum atomic E-state index is -1.22. The second-order valence-electron chi connectivity index (χ2n) is 12.5. The third kappa shape index (κ3) is 9.47. The molecule has 11 nitrogen and oxygen atoms in total. The van der Waals surface area contributed by atoms with Crippen LogP contribution in [0.15, 0.2) is 12.4 Å². The number of amides is 2. The molecule has 0 aliphatic carbocycles. The van der Waals surface area contributed by atoms with Gasteiger partial charge < -0.3 is 33.7 Å². The third-order valence-electron chi connectivity index (χ3n) is 6.21. The summed E-state index contributed by atoms with van der Waals surface area (Å²) in [6.07, 6.45) is 3.80. The largest absolute Gasteiger partial charge is 0.476 e. The molecule has 1 aliphatic heterocycles. The first-order valence-electron chi connectivity index (χ1n) is 13.6. The molecule has 0 spiro atoms. The zero-order chi connectivity index (χ0) is 28.8. The maximum Gasteiger partial charge on any atom is 0.410 e. The average Bonchev–Trinajstić information content (AvgIpc) is 3.44. The van der Waals surface area contributed by atoms with Gasteiger partial charge in [0.05, 0.1) is 25.0 Å². The molecule has 2 atom stereocenters. The molecule has 1 saturated heterocycles. The Bertz CT molecular complexity index is 1130. The summed E-state index contributed by atoms with van der Waals surface area (Å²) in [5, 5.41) is 2.95. The van der Waals surface area contributed by atoms with Crippen molar-refractivity contribution in [3.8, 4) is 5.88 Å². The maximum absolute atomic E-state index is 13.1. The topological polar surface area (TPSA) is 117 Å². The van der Waals surface area contributed by atoms with Gasteiger partial charge in [-0.1, -0.05) is 19.6 Å². The lowest BCUT2D eigenvalue weighted by Gasteiger charge is -2.24. The Morgan fingerprint density at radius 1 is 1.26 bits per heavy atom. The van der Waals surface area contributed by atoms with Crippen molar-refractivity contribution in [2.45, 2.75) is 78.2 Å². The van der Waals surface area contributed by atoms with Crippen molar-refractivity contribution in [1.82, 2.24) is 24.8 Å². The fourth-order valence-electron chi connectivity index (χ4n) is 4.17. The normalized spacial score (nSPS) is 16.9. The number of ether oxygens (including phenoxy) is 4. The molecule has 12 heteroatoms. The molecule has 0 unspecified atom stereocenters. The highest BCUT2D eigenvalue weighted by atomic mass is 28.3. The Labute approximate surface area is 232 Å². The van der Waals surface area contributed by atoms with Crippen LogP contribution in [0.3, 0.4) is 0 Å². The van der Waals surface area contributed by atoms with E-state index in [4.69, 9.17) is 18.9 Å². The Hall–Kier alpha value is -2.70. The van der Waals surface area contributed by atoms with Crippen LogP contribution in [0.5, 0.6) is 5.88 Å². The lowest BCUT2D eigenvalue weighted by atomic mass is 10.1. The van der Waals surface area contributed by atoms with Crippen molar-refractivity contribution in [3.05, 3.63) is 18.0 Å². The smallest absolute Gasteiger partial charge is 0.410 e. The fourth-order valence-corrected chi connectivity index (χ4v) is 4.93. The zero-order valence-corrected chi connectivity index (χ0v) is 25.7. The molecule has 2 amide bonds. The lowest BCUT2D eigenvalue weighted by molar-refractivity contribution is 0.0284. The predicted octanol–water partition coefficient (Wildman–Crippen LogP) is 4.14. The summed E-state index contributed by atoms with van der Waals surface area (Å²) in [7, 11) is 0.375. The predicted molar refractivity (Wildman–Crippen MR) is 152 cm³/mol. The van der Waals surface area contributed by atoms with E-state index in [9.17, 15) is 9.59 Å². The molecule has 0 saturated carbocycles. The minimum Gasteiger partial charge on any atom is -0.476 e. The number of nitrogens with zero attached hydrogens (tertiary/aromatic N) is 4. The molecule has 1 aliphatic rings. The van der Waals surface area contributed by atoms with Gasteiger partial charge >= 0.3 is 6.09 Å². The quantitative estimate of drug-likeness (QED) is 0.302. The molecule has 3 rings (SSSR count). The highest BCUT2D eigenvalue weighted by Gasteiger charge is 2.30. The van der Waals surface area contributed by atoms with Crippen molar-refractivity contribution in [2.24, 2.45) is 5.92 Å². The van der Waals surface area contributed by atoms with Crippen LogP contribution in [0.2, 0.25) is 25.7 Å². The van der Waals surface area contributed by atoms with Gasteiger partial charge in [0.25, 0.3) is 5.91 Å². The van der Waals surface area contributed by atoms with Gasteiger partial charge in [-0.15, -0.1) is 0 Å². The number of fused-ring (bicyclic) bond motifs is 1. The molecule has 1 N–H and O–H groups in total. The first kappa shape index (κ1) is 30.8. The van der Waals surface area contributed by atoms with E-state index < -0.39 is 13.7 Å². The average molecular weight is 564 g/mol. The standard InChI is InChI=1S/C27H45N5O6Si/c1-19(16-35-5)29-25(33)21-15-32(18-36-11-12-39(6,7)8)24-23(21)30-22(13-28-24)37-17-20-9-10-31(14-20)26(34)38-27(2,3)4/h13,15,19-20H,9-12,14,16-18H2,1-8H3,(H,29,33)/t19-,20-/m1/s1. The molecule has 3 heterocycles. The van der Waals surface area contributed by atoms with Crippen LogP contribution in [0.25, 0.3) is 11.2 Å². The summed E-state index contributed by atoms with van der Waals surface area (Å²) in [6.45, 7) is 17.2. The van der Waals surface area contributed by atoms with Gasteiger partial charge in [0, 0.05) is 53.0 Å². The van der Waals surface area contributed by atoms with E-state index in [1.165, 1.54) is 0 Å². The van der Waals surface area contributed by atoms with Crippen LogP contribution >= 0.6 is 0 Å². The zero-order valence-electron chi connectivity index (χ0n) is 24.7. The van der Waals surface area contributed by atoms with Crippen molar-refractivity contribution in [1.29, 1.82) is 0 Å². The van der Waals surface area contributed by atoms with Gasteiger partial charge in [0.2, 0.25) is 5.88 Å². The maximum atomic E-state index is 13.1. The first-order chi connectivity index (χ1) is 18.3. The van der Waals surface area contributed by atoms with Gasteiger partial charge in [0.1, 0.15) is 17.8 Å². The summed E-state index contributed by atoms with van der Waals surface area (Å²) in [5.41, 5.74) is 0.872. The Balaban J connectivity index is 1.71. The van der Waals surface area contributed by atoms with E-state index in [2.05, 4.69) is 34.9 Å². The van der Waals surface area contributed by atoms with Crippen LogP contribution in [0.1, 0.15) is 44.5 Å². The van der Waals surface area contributed by atoms with Crippen LogP contribution in [0, 0.1) is 5.92 Å². The Morgan fingerprint density at radius 3 is 2.67 bits per heavy atom. The Morgan fingerprint density at radius 2 is 2.00 bits per heavy atom. The molecule has 218 valence electrons. The first-order valence-corrected chi connectivity index (χ1v) is 17.3. The molecule has 0 bridgehead atoms. The summed E-state index contributed by atoms with van der Waals surface area (Å²) >= 11 is 0. The van der Waals surface area contributed by atoms with Crippen molar-refractivity contribution >= 4 is 31.2 Å². The SMILES string of the molecule is COC[C@@H](C)NC(=O)c1cn(COCC[Si](C)(C)C)c2ncc(OC[C@@H]3CCN(C(=O)OC(C)(C)C)C3)nc12. The van der Waals surface area contributed by atoms with Gasteiger partial charge in [-0.3, -0.25) is 4.79 Å². The number of hydrogen-bond acceptors (Lipinski definition) is 8. The van der Waals surface area contributed by atoms with Crippen molar-refractivity contribution in [2.75, 3.05) is 40.0 Å². The van der Waals surface area contributed by atoms with Gasteiger partial charge in [0.15, 0.2) is 5.65 Å². The van der Waals surface area contributed by atoms with Crippen LogP contribution < -0.4 is 10.1 Å². The Kier molecular flexibility index (Phi) is 10.4. The van der Waals surface area contributed by atoms with Gasteiger partial charge in [-0.25, -0.2) is 14.8 Å². The highest BCUT2D eigenvalue weighted by molar-refractivity contribution is 6.76. The summed E-state index contributed by atoms with van der Waals surface area (Å²) in [6, 6.07) is 0.876. The van der Waals surface area contributed by atoms with Crippen molar-refractivity contribution < 1.29 is 28.5 Å². The van der Waals surface area contributed by atoms with E-state index in [0.717, 1.165) is 12.5 Å². The van der Waals surface area contributed by atoms with E-state index in [0.29, 0.717) is 55.5 Å². The van der Waals surface area contributed by atoms with Crippen LogP contribution in [0.4, 0.5) is 4.79 Å². The molecule has 39 heavy (non-hydrogen) atoms. The fraction of sp³-hybridized carbons (Fsp3) is 0.704. The van der Waals surface area contributed by atoms with E-state index in [-0.39, 0.29) is 30.7 Å². The number of rotatable bonds is 12. The molecule has 2 aromatic heterocycles. The number of carbonyl (C=O) groups is 2. The summed E-state index contributed by atoms with van der Waals surface area (Å²) in [5.74, 6) is 0.215. The second kappa shape index (κ2) is 13.1. The molecule has 2 aromatic rings. The molecule has 0 aromatic carbocycles. The van der Waals surface area contributed by atoms with E-state index >= 15 is 0 Å². The number of aromatic nitrogens is 3. The van der Waals surface area contributed by atoms with Crippen LogP contribution in [-0.2, 0) is 20.9 Å². The number of hydrogen-bond donors (Lipinski definition) is 1. The molecular formula is C27H45N5O6Si. The van der Waals surface area contributed by atoms with E-state index in [1.54, 1.807) is 24.4 Å². The molecular weight excluding hydrogens is 518 g/mol. The van der Waals surface area contributed by atoms with Gasteiger partial charge in [-0.05, 0) is 40.2 Å². The monoisotopic (exact) mass is 563 g/mol. The number of methoxy groups -OCH3 is 1. The summed E-state index contributed by atoms with van der Waals surface area (Å²) < 4.78 is 24.4. The highest BCUT2D eigenvalue weighted by Crippen LogP contribution is 2.24. The van der Waals surface area contributed by atoms with Crippen molar-refractivity contribution in [3.63, 3.8) is 0 Å².